The highest BCUT2D eigenvalue weighted by molar-refractivity contribution is 7.98. The molecule has 5 nitrogen and oxygen atoms in total. The lowest BCUT2D eigenvalue weighted by molar-refractivity contribution is 0.0792. The number of thioether (sulfide) groups is 1. The number of aromatic nitrogens is 2. The van der Waals surface area contributed by atoms with Gasteiger partial charge >= 0.3 is 0 Å². The standard InChI is InChI=1S/C20H26N4OS/c1-14-15(2)21-20(22-18(14)23(3)4)26-13-16-8-7-9-17(12-16)19(25)24-10-5-6-11-24/h7-9,12H,5-6,10-11,13H2,1-4H3. The largest absolute Gasteiger partial charge is 0.362 e. The second-order valence-corrected chi connectivity index (χ2v) is 7.87. The Morgan fingerprint density at radius 3 is 2.62 bits per heavy atom. The first-order chi connectivity index (χ1) is 12.5. The molecule has 6 heteroatoms. The molecule has 2 heterocycles. The third kappa shape index (κ3) is 4.18. The molecule has 0 saturated carbocycles. The molecule has 1 saturated heterocycles. The van der Waals surface area contributed by atoms with E-state index in [1.807, 2.05) is 55.9 Å². The quantitative estimate of drug-likeness (QED) is 0.593. The van der Waals surface area contributed by atoms with Crippen LogP contribution in [0.2, 0.25) is 0 Å². The van der Waals surface area contributed by atoms with Crippen molar-refractivity contribution in [3.05, 3.63) is 46.6 Å². The van der Waals surface area contributed by atoms with E-state index in [1.54, 1.807) is 11.8 Å². The highest BCUT2D eigenvalue weighted by Gasteiger charge is 2.19. The van der Waals surface area contributed by atoms with Crippen LogP contribution in [-0.4, -0.2) is 48.0 Å². The van der Waals surface area contributed by atoms with E-state index in [4.69, 9.17) is 0 Å². The number of rotatable bonds is 5. The van der Waals surface area contributed by atoms with Gasteiger partial charge in [-0.2, -0.15) is 0 Å². The number of nitrogens with zero attached hydrogens (tertiary/aromatic N) is 4. The molecule has 0 aliphatic carbocycles. The van der Waals surface area contributed by atoms with Crippen LogP contribution in [0, 0.1) is 13.8 Å². The zero-order valence-corrected chi connectivity index (χ0v) is 16.8. The molecule has 0 atom stereocenters. The van der Waals surface area contributed by atoms with Crippen LogP contribution in [-0.2, 0) is 5.75 Å². The van der Waals surface area contributed by atoms with Crippen molar-refractivity contribution in [2.45, 2.75) is 37.6 Å². The van der Waals surface area contributed by atoms with Crippen molar-refractivity contribution in [3.63, 3.8) is 0 Å². The lowest BCUT2D eigenvalue weighted by atomic mass is 10.1. The van der Waals surface area contributed by atoms with E-state index in [0.717, 1.165) is 65.0 Å². The zero-order chi connectivity index (χ0) is 18.7. The van der Waals surface area contributed by atoms with E-state index in [9.17, 15) is 4.79 Å². The monoisotopic (exact) mass is 370 g/mol. The molecule has 3 rings (SSSR count). The number of hydrogen-bond donors (Lipinski definition) is 0. The van der Waals surface area contributed by atoms with Gasteiger partial charge in [0.1, 0.15) is 5.82 Å². The summed E-state index contributed by atoms with van der Waals surface area (Å²) >= 11 is 1.61. The minimum Gasteiger partial charge on any atom is -0.362 e. The summed E-state index contributed by atoms with van der Waals surface area (Å²) in [5.41, 5.74) is 4.01. The van der Waals surface area contributed by atoms with E-state index in [1.165, 1.54) is 0 Å². The molecule has 0 radical (unpaired) electrons. The molecule has 0 bridgehead atoms. The Bertz CT molecular complexity index is 800. The van der Waals surface area contributed by atoms with Crippen molar-refractivity contribution in [1.29, 1.82) is 0 Å². The maximum atomic E-state index is 12.6. The average Bonchev–Trinajstić information content (AvgIpc) is 3.16. The van der Waals surface area contributed by atoms with E-state index in [0.29, 0.717) is 0 Å². The summed E-state index contributed by atoms with van der Waals surface area (Å²) in [7, 11) is 3.99. The smallest absolute Gasteiger partial charge is 0.253 e. The summed E-state index contributed by atoms with van der Waals surface area (Å²) in [6.45, 7) is 5.82. The molecule has 138 valence electrons. The van der Waals surface area contributed by atoms with E-state index in [-0.39, 0.29) is 5.91 Å². The number of benzene rings is 1. The van der Waals surface area contributed by atoms with Gasteiger partial charge in [-0.25, -0.2) is 9.97 Å². The average molecular weight is 371 g/mol. The summed E-state index contributed by atoms with van der Waals surface area (Å²) < 4.78 is 0. The van der Waals surface area contributed by atoms with Gasteiger partial charge in [0.2, 0.25) is 0 Å². The number of carbonyl (C=O) groups is 1. The minimum atomic E-state index is 0.145. The first-order valence-corrected chi connectivity index (χ1v) is 9.98. The number of amides is 1. The maximum Gasteiger partial charge on any atom is 0.253 e. The second-order valence-electron chi connectivity index (χ2n) is 6.92. The molecule has 2 aromatic rings. The predicted octanol–water partition coefficient (Wildman–Crippen LogP) is 3.69. The van der Waals surface area contributed by atoms with Gasteiger partial charge in [-0.1, -0.05) is 23.9 Å². The number of aryl methyl sites for hydroxylation is 1. The molecule has 1 amide bonds. The maximum absolute atomic E-state index is 12.6. The topological polar surface area (TPSA) is 49.3 Å². The van der Waals surface area contributed by atoms with Crippen LogP contribution >= 0.6 is 11.8 Å². The van der Waals surface area contributed by atoms with Crippen molar-refractivity contribution in [1.82, 2.24) is 14.9 Å². The van der Waals surface area contributed by atoms with Gasteiger partial charge < -0.3 is 9.80 Å². The molecule has 0 N–H and O–H groups in total. The summed E-state index contributed by atoms with van der Waals surface area (Å²) in [5, 5.41) is 0.771. The predicted molar refractivity (Wildman–Crippen MR) is 107 cm³/mol. The Balaban J connectivity index is 1.72. The fourth-order valence-corrected chi connectivity index (χ4v) is 3.96. The first kappa shape index (κ1) is 18.7. The molecule has 26 heavy (non-hydrogen) atoms. The molecule has 1 fully saturated rings. The Morgan fingerprint density at radius 2 is 1.92 bits per heavy atom. The van der Waals surface area contributed by atoms with E-state index in [2.05, 4.69) is 16.0 Å². The summed E-state index contributed by atoms with van der Waals surface area (Å²) in [6, 6.07) is 7.93. The van der Waals surface area contributed by atoms with Crippen LogP contribution in [0.5, 0.6) is 0 Å². The number of carbonyl (C=O) groups excluding carboxylic acids is 1. The summed E-state index contributed by atoms with van der Waals surface area (Å²) in [6.07, 6.45) is 2.22. The Morgan fingerprint density at radius 1 is 1.19 bits per heavy atom. The van der Waals surface area contributed by atoms with E-state index < -0.39 is 0 Å². The number of hydrogen-bond acceptors (Lipinski definition) is 5. The van der Waals surface area contributed by atoms with Crippen LogP contribution in [0.4, 0.5) is 5.82 Å². The van der Waals surface area contributed by atoms with Crippen molar-refractivity contribution in [2.24, 2.45) is 0 Å². The van der Waals surface area contributed by atoms with Crippen molar-refractivity contribution in [3.8, 4) is 0 Å². The van der Waals surface area contributed by atoms with Gasteiger partial charge in [0.15, 0.2) is 5.16 Å². The fraction of sp³-hybridized carbons (Fsp3) is 0.450. The van der Waals surface area contributed by atoms with Crippen molar-refractivity contribution in [2.75, 3.05) is 32.1 Å². The van der Waals surface area contributed by atoms with Crippen molar-refractivity contribution >= 4 is 23.5 Å². The van der Waals surface area contributed by atoms with Crippen LogP contribution in [0.15, 0.2) is 29.4 Å². The summed E-state index contributed by atoms with van der Waals surface area (Å²) in [4.78, 5) is 25.8. The van der Waals surface area contributed by atoms with Crippen LogP contribution in [0.1, 0.15) is 40.0 Å². The SMILES string of the molecule is Cc1nc(SCc2cccc(C(=O)N3CCCC3)c2)nc(N(C)C)c1C. The lowest BCUT2D eigenvalue weighted by Gasteiger charge is -2.17. The van der Waals surface area contributed by atoms with Gasteiger partial charge in [0.05, 0.1) is 0 Å². The zero-order valence-electron chi connectivity index (χ0n) is 16.0. The second kappa shape index (κ2) is 8.08. The Labute approximate surface area is 159 Å². The van der Waals surface area contributed by atoms with Gasteiger partial charge in [0, 0.05) is 49.8 Å². The molecular weight excluding hydrogens is 344 g/mol. The molecular formula is C20H26N4OS. The van der Waals surface area contributed by atoms with Gasteiger partial charge in [-0.15, -0.1) is 0 Å². The third-order valence-electron chi connectivity index (χ3n) is 4.70. The normalized spacial score (nSPS) is 13.9. The highest BCUT2D eigenvalue weighted by atomic mass is 32.2. The lowest BCUT2D eigenvalue weighted by Crippen LogP contribution is -2.27. The highest BCUT2D eigenvalue weighted by Crippen LogP contribution is 2.25. The van der Waals surface area contributed by atoms with Crippen LogP contribution < -0.4 is 4.90 Å². The molecule has 1 aliphatic rings. The Kier molecular flexibility index (Phi) is 5.81. The number of likely N-dealkylation sites (tertiary alicyclic amines) is 1. The molecule has 1 aliphatic heterocycles. The van der Waals surface area contributed by atoms with Gasteiger partial charge in [-0.3, -0.25) is 4.79 Å². The molecule has 1 aromatic carbocycles. The van der Waals surface area contributed by atoms with Gasteiger partial charge in [0.25, 0.3) is 5.91 Å². The molecule has 0 spiro atoms. The minimum absolute atomic E-state index is 0.145. The van der Waals surface area contributed by atoms with Crippen LogP contribution in [0.25, 0.3) is 0 Å². The molecule has 1 aromatic heterocycles. The number of anilines is 1. The summed E-state index contributed by atoms with van der Waals surface area (Å²) in [5.74, 6) is 1.85. The van der Waals surface area contributed by atoms with E-state index >= 15 is 0 Å². The fourth-order valence-electron chi connectivity index (χ4n) is 3.13. The molecule has 0 unspecified atom stereocenters. The van der Waals surface area contributed by atoms with Gasteiger partial charge in [-0.05, 0) is 44.4 Å². The Hall–Kier alpha value is -2.08. The first-order valence-electron chi connectivity index (χ1n) is 8.99. The third-order valence-corrected chi connectivity index (χ3v) is 5.62. The van der Waals surface area contributed by atoms with Crippen molar-refractivity contribution < 1.29 is 4.79 Å². The van der Waals surface area contributed by atoms with Crippen LogP contribution in [0.3, 0.4) is 0 Å².